The molecule has 4 rings (SSSR count). The molecule has 8 nitrogen and oxygen atoms in total. The first-order valence-electron chi connectivity index (χ1n) is 9.71. The molecule has 1 aromatic heterocycles. The van der Waals surface area contributed by atoms with Gasteiger partial charge in [-0.25, -0.2) is 8.78 Å². The van der Waals surface area contributed by atoms with E-state index in [-0.39, 0.29) is 42.8 Å². The first kappa shape index (κ1) is 20.6. The topological polar surface area (TPSA) is 93.0 Å². The molecule has 160 valence electrons. The summed E-state index contributed by atoms with van der Waals surface area (Å²) in [5.41, 5.74) is 3.20. The third kappa shape index (κ3) is 4.14. The lowest BCUT2D eigenvalue weighted by Crippen LogP contribution is -2.33. The van der Waals surface area contributed by atoms with Crippen LogP contribution in [0, 0.1) is 31.4 Å². The van der Waals surface area contributed by atoms with Crippen LogP contribution in [0.25, 0.3) is 5.69 Å². The Hall–Kier alpha value is -3.69. The number of nitrogens with zero attached hydrogens (tertiary/aromatic N) is 5. The Bertz CT molecular complexity index is 1160. The molecule has 2 aromatic carbocycles. The molecule has 1 unspecified atom stereocenters. The van der Waals surface area contributed by atoms with Crippen LogP contribution in [-0.2, 0) is 16.1 Å². The van der Waals surface area contributed by atoms with Crippen LogP contribution in [0.4, 0.5) is 14.5 Å². The molecular weight excluding hydrogens is 406 g/mol. The standard InChI is InChI=1S/C21H20F2N6O2/c1-12-3-4-15(7-13(12)2)28-11-14(8-20(28)30)21(31)24-10-19-25-26-27-29(19)16-5-6-17(22)18(23)9-16/h3-7,9,14H,8,10-11H2,1-2H3,(H,24,31). The fourth-order valence-electron chi connectivity index (χ4n) is 3.47. The van der Waals surface area contributed by atoms with Crippen molar-refractivity contribution in [1.82, 2.24) is 25.5 Å². The molecule has 10 heteroatoms. The van der Waals surface area contributed by atoms with Crippen molar-refractivity contribution in [2.45, 2.75) is 26.8 Å². The van der Waals surface area contributed by atoms with E-state index < -0.39 is 17.6 Å². The van der Waals surface area contributed by atoms with E-state index in [1.165, 1.54) is 10.7 Å². The zero-order chi connectivity index (χ0) is 22.1. The predicted molar refractivity (Wildman–Crippen MR) is 107 cm³/mol. The zero-order valence-electron chi connectivity index (χ0n) is 17.0. The number of rotatable bonds is 5. The number of halogens is 2. The smallest absolute Gasteiger partial charge is 0.227 e. The third-order valence-corrected chi connectivity index (χ3v) is 5.40. The van der Waals surface area contributed by atoms with Gasteiger partial charge in [0.15, 0.2) is 17.5 Å². The summed E-state index contributed by atoms with van der Waals surface area (Å²) in [7, 11) is 0. The minimum atomic E-state index is -1.03. The van der Waals surface area contributed by atoms with Crippen LogP contribution in [0.5, 0.6) is 0 Å². The predicted octanol–water partition coefficient (Wildman–Crippen LogP) is 2.23. The number of nitrogens with one attached hydrogen (secondary N) is 1. The van der Waals surface area contributed by atoms with Gasteiger partial charge in [0.2, 0.25) is 11.8 Å². The van der Waals surface area contributed by atoms with E-state index in [2.05, 4.69) is 20.8 Å². The Morgan fingerprint density at radius 1 is 1.10 bits per heavy atom. The Kier molecular flexibility index (Phi) is 5.45. The maximum atomic E-state index is 13.5. The second-order valence-electron chi connectivity index (χ2n) is 7.50. The molecule has 0 spiro atoms. The van der Waals surface area contributed by atoms with E-state index in [0.29, 0.717) is 0 Å². The van der Waals surface area contributed by atoms with Gasteiger partial charge in [-0.2, -0.15) is 4.68 Å². The van der Waals surface area contributed by atoms with Gasteiger partial charge in [-0.1, -0.05) is 6.07 Å². The van der Waals surface area contributed by atoms with Gasteiger partial charge < -0.3 is 10.2 Å². The van der Waals surface area contributed by atoms with Crippen LogP contribution < -0.4 is 10.2 Å². The Balaban J connectivity index is 1.42. The molecule has 31 heavy (non-hydrogen) atoms. The van der Waals surface area contributed by atoms with Crippen molar-refractivity contribution in [3.05, 3.63) is 65.0 Å². The highest BCUT2D eigenvalue weighted by molar-refractivity contribution is 6.00. The fraction of sp³-hybridized carbons (Fsp3) is 0.286. The van der Waals surface area contributed by atoms with E-state index >= 15 is 0 Å². The summed E-state index contributed by atoms with van der Waals surface area (Å²) in [6.07, 6.45) is 0.104. The van der Waals surface area contributed by atoms with Crippen molar-refractivity contribution in [3.63, 3.8) is 0 Å². The monoisotopic (exact) mass is 426 g/mol. The van der Waals surface area contributed by atoms with Crippen LogP contribution in [0.15, 0.2) is 36.4 Å². The number of aryl methyl sites for hydroxylation is 2. The average molecular weight is 426 g/mol. The van der Waals surface area contributed by atoms with E-state index in [1.54, 1.807) is 4.90 Å². The molecule has 1 atom stereocenters. The largest absolute Gasteiger partial charge is 0.348 e. The van der Waals surface area contributed by atoms with E-state index in [0.717, 1.165) is 28.9 Å². The molecule has 1 saturated heterocycles. The third-order valence-electron chi connectivity index (χ3n) is 5.40. The highest BCUT2D eigenvalue weighted by atomic mass is 19.2. The molecule has 0 radical (unpaired) electrons. The normalized spacial score (nSPS) is 16.1. The van der Waals surface area contributed by atoms with Gasteiger partial charge >= 0.3 is 0 Å². The van der Waals surface area contributed by atoms with Gasteiger partial charge in [0, 0.05) is 24.7 Å². The molecule has 1 aliphatic rings. The van der Waals surface area contributed by atoms with E-state index in [4.69, 9.17) is 0 Å². The summed E-state index contributed by atoms with van der Waals surface area (Å²) in [6.45, 7) is 4.22. The SMILES string of the molecule is Cc1ccc(N2CC(C(=O)NCc3nnnn3-c3ccc(F)c(F)c3)CC2=O)cc1C. The Morgan fingerprint density at radius 3 is 2.61 bits per heavy atom. The fourth-order valence-corrected chi connectivity index (χ4v) is 3.47. The molecule has 0 saturated carbocycles. The lowest BCUT2D eigenvalue weighted by atomic mass is 10.1. The van der Waals surface area contributed by atoms with E-state index in [1.807, 2.05) is 32.0 Å². The summed E-state index contributed by atoms with van der Waals surface area (Å²) in [6, 6.07) is 9.02. The van der Waals surface area contributed by atoms with Gasteiger partial charge in [-0.3, -0.25) is 9.59 Å². The number of carbonyl (C=O) groups excluding carboxylic acids is 2. The van der Waals surface area contributed by atoms with Crippen LogP contribution in [0.1, 0.15) is 23.4 Å². The van der Waals surface area contributed by atoms with Gasteiger partial charge in [0.05, 0.1) is 18.2 Å². The number of hydrogen-bond acceptors (Lipinski definition) is 5. The maximum absolute atomic E-state index is 13.5. The minimum absolute atomic E-state index is 0.0286. The first-order valence-corrected chi connectivity index (χ1v) is 9.71. The van der Waals surface area contributed by atoms with Gasteiger partial charge in [-0.05, 0) is 59.7 Å². The number of aromatic nitrogens is 4. The highest BCUT2D eigenvalue weighted by Gasteiger charge is 2.35. The minimum Gasteiger partial charge on any atom is -0.348 e. The summed E-state index contributed by atoms with van der Waals surface area (Å²) in [5, 5.41) is 13.9. The summed E-state index contributed by atoms with van der Waals surface area (Å²) in [5.74, 6) is -2.70. The van der Waals surface area contributed by atoms with Crippen LogP contribution in [-0.4, -0.2) is 38.6 Å². The van der Waals surface area contributed by atoms with Crippen molar-refractivity contribution in [2.24, 2.45) is 5.92 Å². The van der Waals surface area contributed by atoms with E-state index in [9.17, 15) is 18.4 Å². The van der Waals surface area contributed by atoms with Crippen molar-refractivity contribution in [1.29, 1.82) is 0 Å². The van der Waals surface area contributed by atoms with Crippen molar-refractivity contribution < 1.29 is 18.4 Å². The highest BCUT2D eigenvalue weighted by Crippen LogP contribution is 2.27. The molecule has 1 aliphatic heterocycles. The summed E-state index contributed by atoms with van der Waals surface area (Å²) in [4.78, 5) is 26.7. The zero-order valence-corrected chi connectivity index (χ0v) is 17.0. The second-order valence-corrected chi connectivity index (χ2v) is 7.50. The molecule has 1 N–H and O–H groups in total. The average Bonchev–Trinajstić information content (AvgIpc) is 3.37. The number of anilines is 1. The molecule has 2 amide bonds. The maximum Gasteiger partial charge on any atom is 0.227 e. The molecule has 0 bridgehead atoms. The number of tetrazole rings is 1. The van der Waals surface area contributed by atoms with Crippen LogP contribution >= 0.6 is 0 Å². The molecule has 0 aliphatic carbocycles. The van der Waals surface area contributed by atoms with Gasteiger partial charge in [0.1, 0.15) is 0 Å². The quantitative estimate of drug-likeness (QED) is 0.675. The molecule has 3 aromatic rings. The second kappa shape index (κ2) is 8.21. The number of hydrogen-bond donors (Lipinski definition) is 1. The number of benzene rings is 2. The van der Waals surface area contributed by atoms with Crippen molar-refractivity contribution in [2.75, 3.05) is 11.4 Å². The van der Waals surface area contributed by atoms with Crippen LogP contribution in [0.3, 0.4) is 0 Å². The Labute approximate surface area is 176 Å². The van der Waals surface area contributed by atoms with Crippen molar-refractivity contribution in [3.8, 4) is 5.69 Å². The van der Waals surface area contributed by atoms with Gasteiger partial charge in [0.25, 0.3) is 0 Å². The number of carbonyl (C=O) groups is 2. The van der Waals surface area contributed by atoms with Crippen LogP contribution in [0.2, 0.25) is 0 Å². The lowest BCUT2D eigenvalue weighted by Gasteiger charge is -2.18. The summed E-state index contributed by atoms with van der Waals surface area (Å²) < 4.78 is 27.9. The number of amides is 2. The summed E-state index contributed by atoms with van der Waals surface area (Å²) >= 11 is 0. The molecule has 2 heterocycles. The lowest BCUT2D eigenvalue weighted by molar-refractivity contribution is -0.126. The molecule has 1 fully saturated rings. The van der Waals surface area contributed by atoms with Gasteiger partial charge in [-0.15, -0.1) is 5.10 Å². The first-order chi connectivity index (χ1) is 14.8. The Morgan fingerprint density at radius 2 is 1.87 bits per heavy atom. The van der Waals surface area contributed by atoms with Crippen molar-refractivity contribution >= 4 is 17.5 Å². The molecular formula is C21H20F2N6O2.